The monoisotopic (exact) mass is 361 g/mol. The quantitative estimate of drug-likeness (QED) is 0.422. The fraction of sp³-hybridized carbons (Fsp3) is 0.889. The molecule has 96 valence electrons. The molecule has 5 nitrogen and oxygen atoms in total. The Balaban J connectivity index is 0.00000225. The molecule has 0 bridgehead atoms. The maximum absolute atomic E-state index is 10.9. The van der Waals surface area contributed by atoms with Crippen LogP contribution in [-0.2, 0) is 9.84 Å². The summed E-state index contributed by atoms with van der Waals surface area (Å²) in [4.78, 5) is 4.19. The molecule has 2 N–H and O–H groups in total. The van der Waals surface area contributed by atoms with E-state index in [0.29, 0.717) is 12.6 Å². The average Bonchev–Trinajstić information content (AvgIpc) is 2.86. The van der Waals surface area contributed by atoms with Crippen LogP contribution in [0.2, 0.25) is 0 Å². The number of rotatable bonds is 5. The zero-order valence-electron chi connectivity index (χ0n) is 9.69. The normalized spacial score (nSPS) is 16.5. The number of hydrogen-bond acceptors (Lipinski definition) is 3. The van der Waals surface area contributed by atoms with Gasteiger partial charge in [-0.3, -0.25) is 4.99 Å². The predicted octanol–water partition coefficient (Wildman–Crippen LogP) is 0.367. The number of guanidine groups is 1. The van der Waals surface area contributed by atoms with Crippen molar-refractivity contribution in [1.82, 2.24) is 10.6 Å². The number of sulfone groups is 1. The number of hydrogen-bond donors (Lipinski definition) is 2. The molecule has 1 aliphatic carbocycles. The van der Waals surface area contributed by atoms with E-state index in [1.165, 1.54) is 19.1 Å². The third kappa shape index (κ3) is 8.14. The molecular weight excluding hydrogens is 341 g/mol. The highest BCUT2D eigenvalue weighted by molar-refractivity contribution is 14.0. The van der Waals surface area contributed by atoms with Crippen LogP contribution < -0.4 is 10.6 Å². The average molecular weight is 361 g/mol. The van der Waals surface area contributed by atoms with E-state index in [1.807, 2.05) is 6.92 Å². The third-order valence-corrected chi connectivity index (χ3v) is 2.92. The maximum atomic E-state index is 10.9. The van der Waals surface area contributed by atoms with Crippen molar-refractivity contribution in [1.29, 1.82) is 0 Å². The van der Waals surface area contributed by atoms with E-state index in [9.17, 15) is 8.42 Å². The SMILES string of the molecule is CCNC(=NCCS(C)(=O)=O)NC1CC1.I. The van der Waals surface area contributed by atoms with Gasteiger partial charge in [0.15, 0.2) is 5.96 Å². The second-order valence-corrected chi connectivity index (χ2v) is 6.07. The molecule has 0 spiro atoms. The summed E-state index contributed by atoms with van der Waals surface area (Å²) >= 11 is 0. The van der Waals surface area contributed by atoms with Crippen LogP contribution >= 0.6 is 24.0 Å². The minimum absolute atomic E-state index is 0. The van der Waals surface area contributed by atoms with Crippen LogP contribution in [0.25, 0.3) is 0 Å². The van der Waals surface area contributed by atoms with Gasteiger partial charge >= 0.3 is 0 Å². The zero-order chi connectivity index (χ0) is 11.3. The molecule has 0 aromatic rings. The fourth-order valence-corrected chi connectivity index (χ4v) is 1.49. The predicted molar refractivity (Wildman–Crippen MR) is 77.3 cm³/mol. The summed E-state index contributed by atoms with van der Waals surface area (Å²) in [5.74, 6) is 0.831. The van der Waals surface area contributed by atoms with Gasteiger partial charge < -0.3 is 10.6 Å². The fourth-order valence-electron chi connectivity index (χ4n) is 1.06. The largest absolute Gasteiger partial charge is 0.357 e. The lowest BCUT2D eigenvalue weighted by Crippen LogP contribution is -2.38. The van der Waals surface area contributed by atoms with Crippen LogP contribution in [-0.4, -0.2) is 45.5 Å². The van der Waals surface area contributed by atoms with Crippen LogP contribution in [0.3, 0.4) is 0 Å². The lowest BCUT2D eigenvalue weighted by molar-refractivity contribution is 0.601. The Hall–Kier alpha value is -0.0500. The number of nitrogens with zero attached hydrogens (tertiary/aromatic N) is 1. The first kappa shape index (κ1) is 16.0. The summed E-state index contributed by atoms with van der Waals surface area (Å²) in [6.45, 7) is 3.10. The highest BCUT2D eigenvalue weighted by Gasteiger charge is 2.21. The van der Waals surface area contributed by atoms with Gasteiger partial charge in [0, 0.05) is 18.8 Å². The van der Waals surface area contributed by atoms with E-state index >= 15 is 0 Å². The first-order valence-corrected chi connectivity index (χ1v) is 7.30. The van der Waals surface area contributed by atoms with Crippen molar-refractivity contribution < 1.29 is 8.42 Å². The number of nitrogens with one attached hydrogen (secondary N) is 2. The van der Waals surface area contributed by atoms with Gasteiger partial charge in [0.1, 0.15) is 9.84 Å². The Bertz CT molecular complexity index is 326. The highest BCUT2D eigenvalue weighted by Crippen LogP contribution is 2.18. The second kappa shape index (κ2) is 7.31. The molecule has 0 radical (unpaired) electrons. The Kier molecular flexibility index (Phi) is 7.29. The molecule has 1 fully saturated rings. The third-order valence-electron chi connectivity index (χ3n) is 1.99. The summed E-state index contributed by atoms with van der Waals surface area (Å²) in [6.07, 6.45) is 3.58. The molecule has 1 saturated carbocycles. The van der Waals surface area contributed by atoms with E-state index in [0.717, 1.165) is 12.5 Å². The lowest BCUT2D eigenvalue weighted by Gasteiger charge is -2.09. The molecule has 0 aromatic heterocycles. The second-order valence-electron chi connectivity index (χ2n) is 3.81. The van der Waals surface area contributed by atoms with Crippen molar-refractivity contribution in [3.05, 3.63) is 0 Å². The van der Waals surface area contributed by atoms with Gasteiger partial charge in [-0.25, -0.2) is 8.42 Å². The molecule has 7 heteroatoms. The number of halogens is 1. The first-order chi connectivity index (χ1) is 7.01. The standard InChI is InChI=1S/C9H19N3O2S.HI/c1-3-10-9(12-8-4-5-8)11-6-7-15(2,13)14;/h8H,3-7H2,1-2H3,(H2,10,11,12);1H. The van der Waals surface area contributed by atoms with E-state index < -0.39 is 9.84 Å². The van der Waals surface area contributed by atoms with Crippen molar-refractivity contribution in [2.75, 3.05) is 25.1 Å². The van der Waals surface area contributed by atoms with E-state index in [2.05, 4.69) is 15.6 Å². The van der Waals surface area contributed by atoms with Crippen LogP contribution in [0.15, 0.2) is 4.99 Å². The van der Waals surface area contributed by atoms with Crippen molar-refractivity contribution in [3.63, 3.8) is 0 Å². The maximum Gasteiger partial charge on any atom is 0.191 e. The van der Waals surface area contributed by atoms with Gasteiger partial charge in [0.05, 0.1) is 12.3 Å². The van der Waals surface area contributed by atoms with Crippen molar-refractivity contribution in [3.8, 4) is 0 Å². The highest BCUT2D eigenvalue weighted by atomic mass is 127. The van der Waals surface area contributed by atoms with Gasteiger partial charge in [-0.05, 0) is 19.8 Å². The molecular formula is C9H20IN3O2S. The summed E-state index contributed by atoms with van der Waals surface area (Å²) in [7, 11) is -2.91. The summed E-state index contributed by atoms with van der Waals surface area (Å²) in [6, 6.07) is 0.529. The summed E-state index contributed by atoms with van der Waals surface area (Å²) in [5, 5.41) is 6.31. The Morgan fingerprint density at radius 3 is 2.50 bits per heavy atom. The molecule has 0 aliphatic heterocycles. The summed E-state index contributed by atoms with van der Waals surface area (Å²) < 4.78 is 21.8. The Morgan fingerprint density at radius 1 is 1.44 bits per heavy atom. The van der Waals surface area contributed by atoms with Crippen molar-refractivity contribution in [2.24, 2.45) is 4.99 Å². The van der Waals surface area contributed by atoms with E-state index in [4.69, 9.17) is 0 Å². The lowest BCUT2D eigenvalue weighted by atomic mass is 10.6. The molecule has 0 amide bonds. The smallest absolute Gasteiger partial charge is 0.191 e. The molecule has 16 heavy (non-hydrogen) atoms. The molecule has 1 rings (SSSR count). The number of aliphatic imine (C=N–C) groups is 1. The van der Waals surface area contributed by atoms with Crippen LogP contribution in [0, 0.1) is 0 Å². The Morgan fingerprint density at radius 2 is 2.06 bits per heavy atom. The van der Waals surface area contributed by atoms with E-state index in [1.54, 1.807) is 0 Å². The van der Waals surface area contributed by atoms with Crippen molar-refractivity contribution in [2.45, 2.75) is 25.8 Å². The molecule has 0 atom stereocenters. The molecule has 1 aliphatic rings. The van der Waals surface area contributed by atoms with Gasteiger partial charge in [-0.15, -0.1) is 24.0 Å². The molecule has 0 aromatic carbocycles. The molecule has 0 heterocycles. The van der Waals surface area contributed by atoms with Gasteiger partial charge in [-0.1, -0.05) is 0 Å². The topological polar surface area (TPSA) is 70.6 Å². The van der Waals surface area contributed by atoms with E-state index in [-0.39, 0.29) is 29.7 Å². The summed E-state index contributed by atoms with van der Waals surface area (Å²) in [5.41, 5.74) is 0. The van der Waals surface area contributed by atoms with Crippen LogP contribution in [0.1, 0.15) is 19.8 Å². The Labute approximate surface area is 114 Å². The van der Waals surface area contributed by atoms with Crippen LogP contribution in [0.4, 0.5) is 0 Å². The van der Waals surface area contributed by atoms with Gasteiger partial charge in [0.2, 0.25) is 0 Å². The van der Waals surface area contributed by atoms with Gasteiger partial charge in [0.25, 0.3) is 0 Å². The van der Waals surface area contributed by atoms with Crippen molar-refractivity contribution >= 4 is 39.8 Å². The zero-order valence-corrected chi connectivity index (χ0v) is 12.8. The minimum atomic E-state index is -2.91. The molecule has 0 unspecified atom stereocenters. The molecule has 0 saturated heterocycles. The first-order valence-electron chi connectivity index (χ1n) is 5.24. The van der Waals surface area contributed by atoms with Gasteiger partial charge in [-0.2, -0.15) is 0 Å². The minimum Gasteiger partial charge on any atom is -0.357 e. The van der Waals surface area contributed by atoms with Crippen LogP contribution in [0.5, 0.6) is 0 Å².